The number of carbonyl (C=O) groups excluding carboxylic acids is 4. The van der Waals surface area contributed by atoms with Gasteiger partial charge >= 0.3 is 0 Å². The molecule has 0 spiro atoms. The van der Waals surface area contributed by atoms with E-state index >= 15 is 0 Å². The zero-order valence-electron chi connectivity index (χ0n) is 21.0. The van der Waals surface area contributed by atoms with Gasteiger partial charge in [-0.1, -0.05) is 56.3 Å². The topological polar surface area (TPSA) is 163 Å². The average Bonchev–Trinajstić information content (AvgIpc) is 2.85. The minimum absolute atomic E-state index is 0.103. The predicted molar refractivity (Wildman–Crippen MR) is 137 cm³/mol. The van der Waals surface area contributed by atoms with Crippen LogP contribution in [0.1, 0.15) is 39.2 Å². The molecule has 0 fully saturated rings. The van der Waals surface area contributed by atoms with Gasteiger partial charge in [0.25, 0.3) is 0 Å². The summed E-state index contributed by atoms with van der Waals surface area (Å²) in [7, 11) is 0. The number of carbonyl (C=O) groups is 4. The molecule has 2 rings (SSSR count). The molecular weight excluding hydrogens is 462 g/mol. The number of fused-ring (bicyclic) bond motifs is 1. The molecule has 0 unspecified atom stereocenters. The number of rotatable bonds is 13. The molecule has 36 heavy (non-hydrogen) atoms. The van der Waals surface area contributed by atoms with Gasteiger partial charge in [-0.25, -0.2) is 5.48 Å². The molecular formula is C26H37N5O5. The summed E-state index contributed by atoms with van der Waals surface area (Å²) in [6.07, 6.45) is 0.352. The Kier molecular flexibility index (Phi) is 11.3. The van der Waals surface area contributed by atoms with Crippen molar-refractivity contribution in [3.8, 4) is 0 Å². The maximum absolute atomic E-state index is 13.2. The summed E-state index contributed by atoms with van der Waals surface area (Å²) in [5.41, 5.74) is 7.80. The van der Waals surface area contributed by atoms with E-state index in [9.17, 15) is 19.2 Å². The third kappa shape index (κ3) is 8.94. The van der Waals surface area contributed by atoms with E-state index in [1.54, 1.807) is 12.4 Å². The van der Waals surface area contributed by atoms with Crippen molar-refractivity contribution in [1.29, 1.82) is 0 Å². The van der Waals surface area contributed by atoms with Crippen molar-refractivity contribution in [2.45, 2.75) is 52.1 Å². The Balaban J connectivity index is 2.26. The molecule has 0 aliphatic rings. The Morgan fingerprint density at radius 3 is 2.25 bits per heavy atom. The van der Waals surface area contributed by atoms with Crippen LogP contribution in [0, 0.1) is 11.8 Å². The van der Waals surface area contributed by atoms with E-state index in [4.69, 9.17) is 10.9 Å². The summed E-state index contributed by atoms with van der Waals surface area (Å²) in [5, 5.41) is 19.0. The van der Waals surface area contributed by atoms with Crippen molar-refractivity contribution < 1.29 is 24.4 Å². The van der Waals surface area contributed by atoms with Crippen LogP contribution in [0.5, 0.6) is 0 Å². The van der Waals surface area contributed by atoms with Crippen molar-refractivity contribution in [1.82, 2.24) is 21.4 Å². The number of amides is 4. The standard InChI is InChI=1S/C26H37N5O5/c1-16(2)12-21(15-23(32)31-36)25(34)30-22(26(35)29-17(3)24(33)28-11-10-27)14-18-8-9-19-6-4-5-7-20(19)13-18/h4-9,13,16-17,21-22,36H,10-12,14-15,27H2,1-3H3,(H,28,33)(H,29,35)(H,30,34)(H,31,32)/t17-,21-,22-/m0/s1. The second kappa shape index (κ2) is 14.2. The number of hydrogen-bond acceptors (Lipinski definition) is 6. The summed E-state index contributed by atoms with van der Waals surface area (Å²) >= 11 is 0. The summed E-state index contributed by atoms with van der Waals surface area (Å²) in [5.74, 6) is -2.71. The predicted octanol–water partition coefficient (Wildman–Crippen LogP) is 1.00. The summed E-state index contributed by atoms with van der Waals surface area (Å²) < 4.78 is 0. The lowest BCUT2D eigenvalue weighted by Crippen LogP contribution is -2.54. The lowest BCUT2D eigenvalue weighted by molar-refractivity contribution is -0.137. The minimum atomic E-state index is -0.990. The van der Waals surface area contributed by atoms with E-state index in [0.29, 0.717) is 6.42 Å². The third-order valence-electron chi connectivity index (χ3n) is 5.77. The summed E-state index contributed by atoms with van der Waals surface area (Å²) in [6.45, 7) is 5.92. The Morgan fingerprint density at radius 1 is 0.917 bits per heavy atom. The number of nitrogens with one attached hydrogen (secondary N) is 4. The molecule has 7 N–H and O–H groups in total. The Labute approximate surface area is 211 Å². The normalized spacial score (nSPS) is 13.5. The first-order chi connectivity index (χ1) is 17.1. The number of hydroxylamine groups is 1. The Morgan fingerprint density at radius 2 is 1.61 bits per heavy atom. The highest BCUT2D eigenvalue weighted by atomic mass is 16.5. The fraction of sp³-hybridized carbons (Fsp3) is 0.462. The van der Waals surface area contributed by atoms with Gasteiger partial charge in [0.2, 0.25) is 23.6 Å². The third-order valence-corrected chi connectivity index (χ3v) is 5.77. The first kappa shape index (κ1) is 28.7. The van der Waals surface area contributed by atoms with Gasteiger partial charge in [0.15, 0.2) is 0 Å². The molecule has 0 saturated carbocycles. The second-order valence-electron chi connectivity index (χ2n) is 9.32. The second-order valence-corrected chi connectivity index (χ2v) is 9.32. The van der Waals surface area contributed by atoms with E-state index in [0.717, 1.165) is 16.3 Å². The molecule has 0 aliphatic heterocycles. The number of hydrogen-bond donors (Lipinski definition) is 6. The molecule has 196 valence electrons. The van der Waals surface area contributed by atoms with Gasteiger partial charge in [0.05, 0.1) is 0 Å². The van der Waals surface area contributed by atoms with E-state index in [1.807, 2.05) is 56.3 Å². The molecule has 0 bridgehead atoms. The van der Waals surface area contributed by atoms with Gasteiger partial charge in [-0.15, -0.1) is 0 Å². The molecule has 10 heteroatoms. The molecule has 2 aromatic carbocycles. The minimum Gasteiger partial charge on any atom is -0.353 e. The molecule has 3 atom stereocenters. The molecule has 0 heterocycles. The smallest absolute Gasteiger partial charge is 0.244 e. The molecule has 4 amide bonds. The lowest BCUT2D eigenvalue weighted by Gasteiger charge is -2.24. The van der Waals surface area contributed by atoms with Gasteiger partial charge in [-0.3, -0.25) is 24.4 Å². The van der Waals surface area contributed by atoms with Crippen LogP contribution >= 0.6 is 0 Å². The molecule has 0 aliphatic carbocycles. The van der Waals surface area contributed by atoms with Crippen LogP contribution in [0.25, 0.3) is 10.8 Å². The van der Waals surface area contributed by atoms with Crippen molar-refractivity contribution in [2.24, 2.45) is 17.6 Å². The van der Waals surface area contributed by atoms with E-state index in [2.05, 4.69) is 16.0 Å². The molecule has 0 radical (unpaired) electrons. The highest BCUT2D eigenvalue weighted by Gasteiger charge is 2.29. The lowest BCUT2D eigenvalue weighted by atomic mass is 9.92. The first-order valence-electron chi connectivity index (χ1n) is 12.1. The van der Waals surface area contributed by atoms with Gasteiger partial charge in [0, 0.05) is 31.8 Å². The Bertz CT molecular complexity index is 1060. The van der Waals surface area contributed by atoms with Crippen molar-refractivity contribution in [3.63, 3.8) is 0 Å². The monoisotopic (exact) mass is 499 g/mol. The van der Waals surface area contributed by atoms with Crippen molar-refractivity contribution in [2.75, 3.05) is 13.1 Å². The quantitative estimate of drug-likeness (QED) is 0.178. The van der Waals surface area contributed by atoms with Crippen molar-refractivity contribution in [3.05, 3.63) is 48.0 Å². The van der Waals surface area contributed by atoms with Crippen LogP contribution in [0.15, 0.2) is 42.5 Å². The largest absolute Gasteiger partial charge is 0.353 e. The number of benzene rings is 2. The van der Waals surface area contributed by atoms with E-state index in [-0.39, 0.29) is 37.8 Å². The first-order valence-corrected chi connectivity index (χ1v) is 12.1. The molecule has 0 aromatic heterocycles. The maximum Gasteiger partial charge on any atom is 0.244 e. The van der Waals surface area contributed by atoms with Crippen molar-refractivity contribution >= 4 is 34.4 Å². The highest BCUT2D eigenvalue weighted by Crippen LogP contribution is 2.19. The molecule has 0 saturated heterocycles. The van der Waals surface area contributed by atoms with Crippen LogP contribution in [0.4, 0.5) is 0 Å². The van der Waals surface area contributed by atoms with Gasteiger partial charge in [0.1, 0.15) is 12.1 Å². The zero-order valence-corrected chi connectivity index (χ0v) is 21.0. The highest BCUT2D eigenvalue weighted by molar-refractivity contribution is 5.93. The average molecular weight is 500 g/mol. The van der Waals surface area contributed by atoms with Crippen LogP contribution in [0.3, 0.4) is 0 Å². The van der Waals surface area contributed by atoms with Gasteiger partial charge in [-0.05, 0) is 35.6 Å². The number of nitrogens with two attached hydrogens (primary N) is 1. The molecule has 10 nitrogen and oxygen atoms in total. The Hall–Kier alpha value is -3.50. The van der Waals surface area contributed by atoms with Gasteiger partial charge < -0.3 is 21.7 Å². The van der Waals surface area contributed by atoms with Crippen LogP contribution in [-0.2, 0) is 25.6 Å². The van der Waals surface area contributed by atoms with E-state index < -0.39 is 35.7 Å². The zero-order chi connectivity index (χ0) is 26.7. The SMILES string of the molecule is CC(C)C[C@@H](CC(=O)NO)C(=O)N[C@@H](Cc1ccc2ccccc2c1)C(=O)N[C@@H](C)C(=O)NCCN. The van der Waals surface area contributed by atoms with Crippen LogP contribution < -0.4 is 27.2 Å². The summed E-state index contributed by atoms with van der Waals surface area (Å²) in [4.78, 5) is 50.4. The fourth-order valence-corrected chi connectivity index (χ4v) is 3.95. The van der Waals surface area contributed by atoms with Crippen LogP contribution in [0.2, 0.25) is 0 Å². The van der Waals surface area contributed by atoms with Gasteiger partial charge in [-0.2, -0.15) is 0 Å². The van der Waals surface area contributed by atoms with E-state index in [1.165, 1.54) is 0 Å². The fourth-order valence-electron chi connectivity index (χ4n) is 3.95. The maximum atomic E-state index is 13.2. The summed E-state index contributed by atoms with van der Waals surface area (Å²) in [6, 6.07) is 11.7. The molecule has 2 aromatic rings. The van der Waals surface area contributed by atoms with Crippen LogP contribution in [-0.4, -0.2) is 54.0 Å².